The predicted molar refractivity (Wildman–Crippen MR) is 125 cm³/mol. The van der Waals surface area contributed by atoms with Gasteiger partial charge < -0.3 is 4.74 Å². The second kappa shape index (κ2) is 9.57. The number of fused-ring (bicyclic) bond motifs is 1. The Kier molecular flexibility index (Phi) is 7.07. The molecule has 1 heterocycles. The summed E-state index contributed by atoms with van der Waals surface area (Å²) in [6.45, 7) is 5.88. The van der Waals surface area contributed by atoms with Crippen LogP contribution in [0.5, 0.6) is 5.75 Å². The molecule has 0 aliphatic rings. The monoisotopic (exact) mass is 506 g/mol. The van der Waals surface area contributed by atoms with Gasteiger partial charge in [-0.25, -0.2) is 4.98 Å². The van der Waals surface area contributed by atoms with Crippen LogP contribution >= 0.6 is 27.5 Å². The Morgan fingerprint density at radius 3 is 2.74 bits per heavy atom. The van der Waals surface area contributed by atoms with Crippen LogP contribution in [0.25, 0.3) is 10.9 Å². The van der Waals surface area contributed by atoms with E-state index in [2.05, 4.69) is 26.0 Å². The Morgan fingerprint density at radius 2 is 2.10 bits per heavy atom. The summed E-state index contributed by atoms with van der Waals surface area (Å²) < 4.78 is 7.46. The normalized spacial score (nSPS) is 12.4. The summed E-state index contributed by atoms with van der Waals surface area (Å²) in [5.74, 6) is 0.487. The van der Waals surface area contributed by atoms with E-state index in [0.29, 0.717) is 16.7 Å². The molecule has 8 nitrogen and oxygen atoms in total. The third-order valence-electron chi connectivity index (χ3n) is 4.75. The highest BCUT2D eigenvalue weighted by Gasteiger charge is 2.21. The van der Waals surface area contributed by atoms with Gasteiger partial charge in [0.05, 0.1) is 28.6 Å². The van der Waals surface area contributed by atoms with E-state index in [4.69, 9.17) is 16.3 Å². The Balaban J connectivity index is 2.25. The molecule has 3 aromatic rings. The number of hydrogen-bond acceptors (Lipinski definition) is 6. The maximum Gasteiger partial charge on any atom is 0.313 e. The third-order valence-corrected chi connectivity index (χ3v) is 5.46. The van der Waals surface area contributed by atoms with E-state index in [1.165, 1.54) is 23.0 Å². The fraction of sp³-hybridized carbons (Fsp3) is 0.286. The van der Waals surface area contributed by atoms with Crippen LogP contribution in [0.3, 0.4) is 0 Å². The van der Waals surface area contributed by atoms with Crippen LogP contribution < -0.4 is 10.3 Å². The van der Waals surface area contributed by atoms with E-state index in [-0.39, 0.29) is 40.1 Å². The van der Waals surface area contributed by atoms with Crippen molar-refractivity contribution in [3.63, 3.8) is 0 Å². The summed E-state index contributed by atoms with van der Waals surface area (Å²) in [7, 11) is 0. The van der Waals surface area contributed by atoms with Gasteiger partial charge in [0.25, 0.3) is 5.56 Å². The first-order valence-electron chi connectivity index (χ1n) is 9.64. The lowest BCUT2D eigenvalue weighted by Gasteiger charge is -2.14. The minimum Gasteiger partial charge on any atom is -0.487 e. The van der Waals surface area contributed by atoms with Gasteiger partial charge in [-0.1, -0.05) is 41.4 Å². The minimum atomic E-state index is -0.569. The molecular formula is C21H20BrClN4O4. The smallest absolute Gasteiger partial charge is 0.313 e. The van der Waals surface area contributed by atoms with Crippen molar-refractivity contribution in [1.29, 1.82) is 0 Å². The Hall–Kier alpha value is -2.78. The molecule has 0 aliphatic carbocycles. The molecule has 0 unspecified atom stereocenters. The van der Waals surface area contributed by atoms with Gasteiger partial charge in [0, 0.05) is 27.0 Å². The molecule has 0 N–H and O–H groups in total. The number of halogens is 2. The zero-order chi connectivity index (χ0) is 22.7. The number of rotatable bonds is 7. The molecule has 0 aliphatic heterocycles. The maximum atomic E-state index is 13.2. The van der Waals surface area contributed by atoms with E-state index in [9.17, 15) is 14.9 Å². The second-order valence-corrected chi connectivity index (χ2v) is 8.19. The summed E-state index contributed by atoms with van der Waals surface area (Å²) in [5, 5.41) is 16.4. The van der Waals surface area contributed by atoms with Gasteiger partial charge in [-0.3, -0.25) is 14.9 Å². The van der Waals surface area contributed by atoms with E-state index in [0.717, 1.165) is 10.9 Å². The topological polar surface area (TPSA) is 99.6 Å². The molecule has 0 radical (unpaired) electrons. The zero-order valence-corrected chi connectivity index (χ0v) is 19.5. The first-order valence-corrected chi connectivity index (χ1v) is 10.8. The highest BCUT2D eigenvalue weighted by Crippen LogP contribution is 2.33. The van der Waals surface area contributed by atoms with Gasteiger partial charge in [-0.15, -0.1) is 0 Å². The summed E-state index contributed by atoms with van der Waals surface area (Å²) in [6.07, 6.45) is 2.08. The molecule has 0 amide bonds. The fourth-order valence-corrected chi connectivity index (χ4v) is 3.61. The van der Waals surface area contributed by atoms with Crippen LogP contribution in [0.1, 0.15) is 44.5 Å². The first kappa shape index (κ1) is 22.9. The minimum absolute atomic E-state index is 0.0373. The molecule has 10 heteroatoms. The van der Waals surface area contributed by atoms with Gasteiger partial charge in [0.1, 0.15) is 5.82 Å². The molecule has 0 saturated carbocycles. The average molecular weight is 508 g/mol. The van der Waals surface area contributed by atoms with Gasteiger partial charge in [-0.2, -0.15) is 9.78 Å². The van der Waals surface area contributed by atoms with Crippen molar-refractivity contribution in [2.24, 2.45) is 5.10 Å². The summed E-state index contributed by atoms with van der Waals surface area (Å²) in [6, 6.07) is 8.00. The molecule has 1 atom stereocenters. The molecule has 2 aromatic carbocycles. The van der Waals surface area contributed by atoms with E-state index in [1.807, 2.05) is 19.9 Å². The molecule has 0 saturated heterocycles. The number of hydrogen-bond donors (Lipinski definition) is 0. The van der Waals surface area contributed by atoms with Gasteiger partial charge in [0.15, 0.2) is 0 Å². The zero-order valence-electron chi connectivity index (χ0n) is 17.1. The van der Waals surface area contributed by atoms with Crippen LogP contribution in [-0.2, 0) is 0 Å². The first-order chi connectivity index (χ1) is 14.8. The van der Waals surface area contributed by atoms with Crippen LogP contribution in [0.4, 0.5) is 5.69 Å². The number of nitro benzene ring substituents is 1. The largest absolute Gasteiger partial charge is 0.487 e. The molecule has 0 fully saturated rings. The van der Waals surface area contributed by atoms with E-state index >= 15 is 0 Å². The number of nitro groups is 1. The van der Waals surface area contributed by atoms with Crippen LogP contribution in [0, 0.1) is 10.1 Å². The van der Waals surface area contributed by atoms with Gasteiger partial charge in [0.2, 0.25) is 5.75 Å². The quantitative estimate of drug-likeness (QED) is 0.238. The van der Waals surface area contributed by atoms with Crippen molar-refractivity contribution < 1.29 is 9.66 Å². The Bertz CT molecular complexity index is 1240. The van der Waals surface area contributed by atoms with Crippen LogP contribution in [-0.4, -0.2) is 27.4 Å². The molecule has 0 bridgehead atoms. The fourth-order valence-electron chi connectivity index (χ4n) is 3.03. The highest BCUT2D eigenvalue weighted by atomic mass is 79.9. The van der Waals surface area contributed by atoms with Crippen molar-refractivity contribution in [3.05, 3.63) is 71.7 Å². The average Bonchev–Trinajstić information content (AvgIpc) is 2.74. The predicted octanol–water partition coefficient (Wildman–Crippen LogP) is 5.52. The van der Waals surface area contributed by atoms with Crippen LogP contribution in [0.15, 0.2) is 44.7 Å². The van der Waals surface area contributed by atoms with E-state index in [1.54, 1.807) is 19.1 Å². The summed E-state index contributed by atoms with van der Waals surface area (Å²) in [5.41, 5.74) is 0.249. The summed E-state index contributed by atoms with van der Waals surface area (Å²) >= 11 is 9.45. The lowest BCUT2D eigenvalue weighted by molar-refractivity contribution is -0.385. The molecule has 162 valence electrons. The van der Waals surface area contributed by atoms with Crippen molar-refractivity contribution in [2.45, 2.75) is 33.1 Å². The number of ether oxygens (including phenoxy) is 1. The standard InChI is InChI=1S/C21H20BrClN4O4/c1-4-12(3)20-25-17-7-6-14(22)9-16(17)21(28)26(20)24-11-13-8-15(23)10-18(27(29)30)19(13)31-5-2/h6-12H,4-5H2,1-3H3/t12-/m1/s1. The summed E-state index contributed by atoms with van der Waals surface area (Å²) in [4.78, 5) is 28.7. The number of benzene rings is 2. The molecule has 0 spiro atoms. The van der Waals surface area contributed by atoms with Gasteiger partial charge in [-0.05, 0) is 37.6 Å². The third kappa shape index (κ3) is 4.77. The van der Waals surface area contributed by atoms with Gasteiger partial charge >= 0.3 is 5.69 Å². The molecular weight excluding hydrogens is 488 g/mol. The molecule has 31 heavy (non-hydrogen) atoms. The molecule has 1 aromatic heterocycles. The van der Waals surface area contributed by atoms with Crippen molar-refractivity contribution in [2.75, 3.05) is 6.61 Å². The number of nitrogens with zero attached hydrogens (tertiary/aromatic N) is 4. The lowest BCUT2D eigenvalue weighted by Crippen LogP contribution is -2.23. The van der Waals surface area contributed by atoms with Crippen LogP contribution in [0.2, 0.25) is 5.02 Å². The highest BCUT2D eigenvalue weighted by molar-refractivity contribution is 9.10. The Labute approximate surface area is 191 Å². The van der Waals surface area contributed by atoms with Crippen molar-refractivity contribution in [1.82, 2.24) is 9.66 Å². The second-order valence-electron chi connectivity index (χ2n) is 6.84. The van der Waals surface area contributed by atoms with Crippen molar-refractivity contribution in [3.8, 4) is 5.75 Å². The maximum absolute atomic E-state index is 13.2. The molecule has 3 rings (SSSR count). The van der Waals surface area contributed by atoms with Crippen molar-refractivity contribution >= 4 is 50.3 Å². The number of aromatic nitrogens is 2. The van der Waals surface area contributed by atoms with E-state index < -0.39 is 4.92 Å². The Morgan fingerprint density at radius 1 is 1.35 bits per heavy atom. The SMILES string of the molecule is CCOc1c(C=Nn2c([C@H](C)CC)nc3ccc(Br)cc3c2=O)cc(Cl)cc1[N+](=O)[O-]. The lowest BCUT2D eigenvalue weighted by atomic mass is 10.1.